The minimum absolute atomic E-state index is 0.0367. The van der Waals surface area contributed by atoms with Gasteiger partial charge in [-0.25, -0.2) is 0 Å². The molecular weight excluding hydrogens is 196 g/mol. The van der Waals surface area contributed by atoms with Crippen LogP contribution in [0.2, 0.25) is 0 Å². The van der Waals surface area contributed by atoms with Gasteiger partial charge in [0.2, 0.25) is 0 Å². The second kappa shape index (κ2) is 7.23. The third-order valence-electron chi connectivity index (χ3n) is 1.95. The summed E-state index contributed by atoms with van der Waals surface area (Å²) in [6.07, 6.45) is 5.35. The zero-order chi connectivity index (χ0) is 10.9. The molecule has 0 amide bonds. The van der Waals surface area contributed by atoms with Crippen LogP contribution in [0.3, 0.4) is 0 Å². The zero-order valence-electron chi connectivity index (χ0n) is 9.26. The Morgan fingerprint density at radius 1 is 1.07 bits per heavy atom. The molecule has 0 saturated carbocycles. The fraction of sp³-hybridized carbons (Fsp3) is 0.800. The van der Waals surface area contributed by atoms with Crippen LogP contribution in [-0.4, -0.2) is 37.9 Å². The monoisotopic (exact) mass is 214 g/mol. The molecule has 1 aliphatic heterocycles. The first kappa shape index (κ1) is 12.0. The molecule has 0 aromatic heterocycles. The average Bonchev–Trinajstić information content (AvgIpc) is 2.67. The Labute approximate surface area is 90.1 Å². The van der Waals surface area contributed by atoms with Crippen LogP contribution in [0.1, 0.15) is 26.7 Å². The van der Waals surface area contributed by atoms with Gasteiger partial charge in [0.1, 0.15) is 13.2 Å². The molecule has 0 N–H and O–H groups in total. The van der Waals surface area contributed by atoms with Crippen LogP contribution in [0.5, 0.6) is 0 Å². The van der Waals surface area contributed by atoms with Gasteiger partial charge < -0.3 is 14.4 Å². The van der Waals surface area contributed by atoms with E-state index in [1.807, 2.05) is 13.8 Å². The molecule has 0 aromatic rings. The summed E-state index contributed by atoms with van der Waals surface area (Å²) in [5.74, 6) is 0. The average molecular weight is 214 g/mol. The number of rotatable bonds is 6. The Morgan fingerprint density at radius 2 is 1.53 bits per heavy atom. The van der Waals surface area contributed by atoms with Crippen molar-refractivity contribution in [3.05, 3.63) is 0 Å². The molecule has 0 aliphatic carbocycles. The first-order valence-electron chi connectivity index (χ1n) is 5.33. The summed E-state index contributed by atoms with van der Waals surface area (Å²) in [6, 6.07) is 0. The first-order chi connectivity index (χ1) is 7.36. The molecule has 0 bridgehead atoms. The summed E-state index contributed by atoms with van der Waals surface area (Å²) < 4.78 is 5.60. The Bertz CT molecular complexity index is 197. The maximum atomic E-state index is 5.60. The lowest BCUT2D eigenvalue weighted by atomic mass is 10.2. The highest BCUT2D eigenvalue weighted by Crippen LogP contribution is 2.16. The molecule has 2 unspecified atom stereocenters. The fourth-order valence-corrected chi connectivity index (χ4v) is 1.28. The van der Waals surface area contributed by atoms with E-state index in [2.05, 4.69) is 10.3 Å². The van der Waals surface area contributed by atoms with E-state index >= 15 is 0 Å². The fourth-order valence-electron chi connectivity index (χ4n) is 1.28. The number of oxime groups is 2. The highest BCUT2D eigenvalue weighted by atomic mass is 16.6. The zero-order valence-corrected chi connectivity index (χ0v) is 9.26. The third-order valence-corrected chi connectivity index (χ3v) is 1.95. The lowest BCUT2D eigenvalue weighted by molar-refractivity contribution is 0.112. The number of nitrogens with zero attached hydrogens (tertiary/aromatic N) is 2. The molecule has 1 fully saturated rings. The Kier molecular flexibility index (Phi) is 5.77. The third kappa shape index (κ3) is 4.78. The molecule has 1 aliphatic rings. The van der Waals surface area contributed by atoms with Crippen molar-refractivity contribution in [3.63, 3.8) is 0 Å². The molecule has 1 rings (SSSR count). The van der Waals surface area contributed by atoms with Crippen molar-refractivity contribution in [3.8, 4) is 0 Å². The summed E-state index contributed by atoms with van der Waals surface area (Å²) in [4.78, 5) is 9.72. The van der Waals surface area contributed by atoms with Crippen molar-refractivity contribution >= 4 is 12.4 Å². The van der Waals surface area contributed by atoms with Crippen LogP contribution in [0.4, 0.5) is 0 Å². The molecule has 2 atom stereocenters. The molecular formula is C10H18N2O3. The second-order valence-corrected chi connectivity index (χ2v) is 3.13. The van der Waals surface area contributed by atoms with E-state index in [0.717, 1.165) is 12.8 Å². The van der Waals surface area contributed by atoms with Crippen LogP contribution < -0.4 is 0 Å². The van der Waals surface area contributed by atoms with E-state index in [0.29, 0.717) is 13.2 Å². The van der Waals surface area contributed by atoms with Gasteiger partial charge >= 0.3 is 0 Å². The van der Waals surface area contributed by atoms with Gasteiger partial charge in [0, 0.05) is 0 Å². The summed E-state index contributed by atoms with van der Waals surface area (Å²) in [6.45, 7) is 4.95. The molecule has 1 heterocycles. The summed E-state index contributed by atoms with van der Waals surface area (Å²) in [7, 11) is 0. The predicted molar refractivity (Wildman–Crippen MR) is 58.1 cm³/mol. The van der Waals surface area contributed by atoms with Crippen molar-refractivity contribution in [2.45, 2.75) is 38.9 Å². The van der Waals surface area contributed by atoms with Gasteiger partial charge in [0.15, 0.2) is 0 Å². The van der Waals surface area contributed by atoms with E-state index in [1.165, 1.54) is 0 Å². The molecule has 86 valence electrons. The smallest absolute Gasteiger partial charge is 0.114 e. The maximum absolute atomic E-state index is 5.60. The Hall–Kier alpha value is -1.10. The van der Waals surface area contributed by atoms with Crippen LogP contribution in [0.15, 0.2) is 10.3 Å². The summed E-state index contributed by atoms with van der Waals surface area (Å²) in [5, 5.41) is 7.55. The largest absolute Gasteiger partial charge is 0.396 e. The van der Waals surface area contributed by atoms with Crippen molar-refractivity contribution < 1.29 is 14.4 Å². The SMILES string of the molecule is CCON=CC1CCC(C=NOCC)O1. The molecule has 1 saturated heterocycles. The minimum atomic E-state index is 0.0367. The molecule has 0 spiro atoms. The lowest BCUT2D eigenvalue weighted by Gasteiger charge is -2.04. The Morgan fingerprint density at radius 3 is 1.93 bits per heavy atom. The normalized spacial score (nSPS) is 26.5. The van der Waals surface area contributed by atoms with Gasteiger partial charge in [-0.15, -0.1) is 0 Å². The maximum Gasteiger partial charge on any atom is 0.114 e. The number of hydrogen-bond acceptors (Lipinski definition) is 5. The van der Waals surface area contributed by atoms with Crippen molar-refractivity contribution in [2.24, 2.45) is 10.3 Å². The highest BCUT2D eigenvalue weighted by Gasteiger charge is 2.22. The van der Waals surface area contributed by atoms with Gasteiger partial charge in [-0.3, -0.25) is 0 Å². The number of ether oxygens (including phenoxy) is 1. The van der Waals surface area contributed by atoms with Gasteiger partial charge in [-0.2, -0.15) is 0 Å². The van der Waals surface area contributed by atoms with Gasteiger partial charge in [0.25, 0.3) is 0 Å². The summed E-state index contributed by atoms with van der Waals surface area (Å²) in [5.41, 5.74) is 0. The van der Waals surface area contributed by atoms with Crippen LogP contribution in [0.25, 0.3) is 0 Å². The van der Waals surface area contributed by atoms with Gasteiger partial charge in [-0.1, -0.05) is 10.3 Å². The molecule has 5 heteroatoms. The summed E-state index contributed by atoms with van der Waals surface area (Å²) >= 11 is 0. The van der Waals surface area contributed by atoms with Crippen molar-refractivity contribution in [2.75, 3.05) is 13.2 Å². The van der Waals surface area contributed by atoms with Crippen LogP contribution >= 0.6 is 0 Å². The van der Waals surface area contributed by atoms with E-state index in [-0.39, 0.29) is 12.2 Å². The second-order valence-electron chi connectivity index (χ2n) is 3.13. The topological polar surface area (TPSA) is 52.4 Å². The molecule has 0 aromatic carbocycles. The van der Waals surface area contributed by atoms with E-state index in [4.69, 9.17) is 14.4 Å². The van der Waals surface area contributed by atoms with E-state index < -0.39 is 0 Å². The number of hydrogen-bond donors (Lipinski definition) is 0. The van der Waals surface area contributed by atoms with E-state index in [9.17, 15) is 0 Å². The predicted octanol–water partition coefficient (Wildman–Crippen LogP) is 1.58. The first-order valence-corrected chi connectivity index (χ1v) is 5.33. The molecule has 0 radical (unpaired) electrons. The van der Waals surface area contributed by atoms with Crippen molar-refractivity contribution in [1.82, 2.24) is 0 Å². The quantitative estimate of drug-likeness (QED) is 0.498. The van der Waals surface area contributed by atoms with Crippen LogP contribution in [0, 0.1) is 0 Å². The van der Waals surface area contributed by atoms with E-state index in [1.54, 1.807) is 12.4 Å². The van der Waals surface area contributed by atoms with Crippen molar-refractivity contribution in [1.29, 1.82) is 0 Å². The Balaban J connectivity index is 2.20. The van der Waals surface area contributed by atoms with Gasteiger partial charge in [0.05, 0.1) is 24.6 Å². The molecule has 5 nitrogen and oxygen atoms in total. The van der Waals surface area contributed by atoms with Gasteiger partial charge in [-0.05, 0) is 26.7 Å². The minimum Gasteiger partial charge on any atom is -0.396 e. The van der Waals surface area contributed by atoms with Crippen LogP contribution in [-0.2, 0) is 14.4 Å². The standard InChI is InChI=1S/C10H18N2O3/c1-3-13-11-7-9-5-6-10(15-9)8-12-14-4-2/h7-10H,3-6H2,1-2H3. The molecule has 15 heavy (non-hydrogen) atoms. The lowest BCUT2D eigenvalue weighted by Crippen LogP contribution is -2.13. The highest BCUT2D eigenvalue weighted by molar-refractivity contribution is 5.67.